The number of hydrogen-bond acceptors (Lipinski definition) is 3. The summed E-state index contributed by atoms with van der Waals surface area (Å²) in [4.78, 5) is 0. The lowest BCUT2D eigenvalue weighted by Crippen LogP contribution is -2.47. The Bertz CT molecular complexity index is 408. The van der Waals surface area contributed by atoms with Crippen LogP contribution in [0.25, 0.3) is 0 Å². The van der Waals surface area contributed by atoms with Gasteiger partial charge in [0.2, 0.25) is 0 Å². The van der Waals surface area contributed by atoms with Crippen LogP contribution in [0.3, 0.4) is 0 Å². The van der Waals surface area contributed by atoms with Crippen LogP contribution in [0.15, 0.2) is 16.7 Å². The summed E-state index contributed by atoms with van der Waals surface area (Å²) in [5.41, 5.74) is 7.86. The predicted octanol–water partition coefficient (Wildman–Crippen LogP) is 3.19. The second kappa shape index (κ2) is 4.71. The number of aryl methyl sites for hydroxylation is 1. The van der Waals surface area contributed by atoms with E-state index in [1.807, 2.05) is 6.07 Å². The standard InChI is InChI=1S/C15H23NO2/c1-2-13-12(5-8-17-13)14(16)11-4-9-18-15(10-11)6-3-7-15/h5,8,11,14H,2-4,6-7,9-10,16H2,1H3. The van der Waals surface area contributed by atoms with Crippen LogP contribution in [0.2, 0.25) is 0 Å². The number of furan rings is 1. The monoisotopic (exact) mass is 249 g/mol. The average molecular weight is 249 g/mol. The van der Waals surface area contributed by atoms with Crippen LogP contribution in [0.5, 0.6) is 0 Å². The molecule has 1 aromatic heterocycles. The highest BCUT2D eigenvalue weighted by Crippen LogP contribution is 2.47. The molecule has 2 fully saturated rings. The lowest BCUT2D eigenvalue weighted by atomic mass is 9.70. The molecule has 1 aliphatic carbocycles. The Hall–Kier alpha value is -0.800. The van der Waals surface area contributed by atoms with Crippen LogP contribution < -0.4 is 5.73 Å². The molecule has 2 atom stereocenters. The first-order valence-corrected chi connectivity index (χ1v) is 7.20. The third-order valence-corrected chi connectivity index (χ3v) is 4.76. The smallest absolute Gasteiger partial charge is 0.108 e. The first-order valence-electron chi connectivity index (χ1n) is 7.20. The van der Waals surface area contributed by atoms with Crippen LogP contribution in [0, 0.1) is 5.92 Å². The van der Waals surface area contributed by atoms with E-state index in [0.29, 0.717) is 5.92 Å². The summed E-state index contributed by atoms with van der Waals surface area (Å²) < 4.78 is 11.5. The van der Waals surface area contributed by atoms with Gasteiger partial charge in [-0.3, -0.25) is 0 Å². The van der Waals surface area contributed by atoms with Crippen molar-refractivity contribution < 1.29 is 9.15 Å². The maximum absolute atomic E-state index is 6.47. The van der Waals surface area contributed by atoms with Crippen molar-refractivity contribution in [1.82, 2.24) is 0 Å². The van der Waals surface area contributed by atoms with E-state index in [1.165, 1.54) is 24.8 Å². The van der Waals surface area contributed by atoms with Gasteiger partial charge in [-0.1, -0.05) is 6.92 Å². The van der Waals surface area contributed by atoms with E-state index >= 15 is 0 Å². The third kappa shape index (κ3) is 1.99. The molecule has 0 radical (unpaired) electrons. The van der Waals surface area contributed by atoms with Crippen molar-refractivity contribution in [2.24, 2.45) is 11.7 Å². The van der Waals surface area contributed by atoms with Crippen molar-refractivity contribution in [2.45, 2.75) is 57.1 Å². The fraction of sp³-hybridized carbons (Fsp3) is 0.733. The Labute approximate surface area is 109 Å². The lowest BCUT2D eigenvalue weighted by Gasteiger charge is -2.48. The molecule has 2 unspecified atom stereocenters. The Kier molecular flexibility index (Phi) is 3.20. The van der Waals surface area contributed by atoms with Crippen molar-refractivity contribution >= 4 is 0 Å². The van der Waals surface area contributed by atoms with Crippen molar-refractivity contribution in [3.05, 3.63) is 23.7 Å². The van der Waals surface area contributed by atoms with Crippen LogP contribution in [0.1, 0.15) is 56.4 Å². The van der Waals surface area contributed by atoms with E-state index < -0.39 is 0 Å². The third-order valence-electron chi connectivity index (χ3n) is 4.76. The normalized spacial score (nSPS) is 28.0. The Balaban J connectivity index is 1.73. The van der Waals surface area contributed by atoms with Gasteiger partial charge in [-0.2, -0.15) is 0 Å². The zero-order chi connectivity index (χ0) is 12.6. The molecule has 3 heteroatoms. The zero-order valence-corrected chi connectivity index (χ0v) is 11.2. The summed E-state index contributed by atoms with van der Waals surface area (Å²) in [6, 6.07) is 2.16. The van der Waals surface area contributed by atoms with Gasteiger partial charge < -0.3 is 14.9 Å². The molecule has 3 nitrogen and oxygen atoms in total. The molecule has 18 heavy (non-hydrogen) atoms. The van der Waals surface area contributed by atoms with Crippen LogP contribution in [-0.2, 0) is 11.2 Å². The van der Waals surface area contributed by atoms with Gasteiger partial charge in [-0.25, -0.2) is 0 Å². The van der Waals surface area contributed by atoms with E-state index in [0.717, 1.165) is 31.6 Å². The maximum atomic E-state index is 6.47. The van der Waals surface area contributed by atoms with Crippen molar-refractivity contribution in [3.8, 4) is 0 Å². The second-order valence-corrected chi connectivity index (χ2v) is 5.82. The van der Waals surface area contributed by atoms with Gasteiger partial charge in [-0.05, 0) is 44.1 Å². The minimum Gasteiger partial charge on any atom is -0.469 e. The SMILES string of the molecule is CCc1occc1C(N)C1CCOC2(CCC2)C1. The summed E-state index contributed by atoms with van der Waals surface area (Å²) in [6.07, 6.45) is 8.66. The molecule has 0 bridgehead atoms. The van der Waals surface area contributed by atoms with Crippen LogP contribution in [-0.4, -0.2) is 12.2 Å². The van der Waals surface area contributed by atoms with Gasteiger partial charge in [0.05, 0.1) is 11.9 Å². The fourth-order valence-electron chi connectivity index (χ4n) is 3.48. The highest BCUT2D eigenvalue weighted by molar-refractivity contribution is 5.22. The molecule has 2 heterocycles. The van der Waals surface area contributed by atoms with Gasteiger partial charge in [0.15, 0.2) is 0 Å². The van der Waals surface area contributed by atoms with Crippen molar-refractivity contribution in [3.63, 3.8) is 0 Å². The molecule has 0 aromatic carbocycles. The Morgan fingerprint density at radius 2 is 2.33 bits per heavy atom. The summed E-state index contributed by atoms with van der Waals surface area (Å²) in [7, 11) is 0. The largest absolute Gasteiger partial charge is 0.469 e. The first-order chi connectivity index (χ1) is 8.74. The molecule has 100 valence electrons. The minimum atomic E-state index is 0.111. The summed E-state index contributed by atoms with van der Waals surface area (Å²) in [6.45, 7) is 2.99. The Morgan fingerprint density at radius 3 is 3.00 bits per heavy atom. The highest BCUT2D eigenvalue weighted by atomic mass is 16.5. The molecular formula is C15H23NO2. The maximum Gasteiger partial charge on any atom is 0.108 e. The van der Waals surface area contributed by atoms with E-state index in [4.69, 9.17) is 14.9 Å². The number of ether oxygens (including phenoxy) is 1. The van der Waals surface area contributed by atoms with Gasteiger partial charge in [0.1, 0.15) is 5.76 Å². The van der Waals surface area contributed by atoms with Crippen LogP contribution in [0.4, 0.5) is 0 Å². The number of rotatable bonds is 3. The van der Waals surface area contributed by atoms with Crippen molar-refractivity contribution in [1.29, 1.82) is 0 Å². The molecule has 1 saturated heterocycles. The first kappa shape index (κ1) is 12.2. The molecule has 1 aliphatic heterocycles. The lowest BCUT2D eigenvalue weighted by molar-refractivity contribution is -0.146. The molecule has 0 amide bonds. The van der Waals surface area contributed by atoms with E-state index in [9.17, 15) is 0 Å². The van der Waals surface area contributed by atoms with Crippen LogP contribution >= 0.6 is 0 Å². The summed E-state index contributed by atoms with van der Waals surface area (Å²) in [5.74, 6) is 1.60. The molecule has 2 aliphatic rings. The fourth-order valence-corrected chi connectivity index (χ4v) is 3.48. The zero-order valence-electron chi connectivity index (χ0n) is 11.2. The molecular weight excluding hydrogens is 226 g/mol. The van der Waals surface area contributed by atoms with Gasteiger partial charge >= 0.3 is 0 Å². The second-order valence-electron chi connectivity index (χ2n) is 5.82. The quantitative estimate of drug-likeness (QED) is 0.895. The molecule has 2 N–H and O–H groups in total. The number of hydrogen-bond donors (Lipinski definition) is 1. The molecule has 1 spiro atoms. The predicted molar refractivity (Wildman–Crippen MR) is 70.3 cm³/mol. The topological polar surface area (TPSA) is 48.4 Å². The van der Waals surface area contributed by atoms with Gasteiger partial charge in [-0.15, -0.1) is 0 Å². The molecule has 1 aromatic rings. The Morgan fingerprint density at radius 1 is 1.50 bits per heavy atom. The average Bonchev–Trinajstić information content (AvgIpc) is 2.84. The number of nitrogens with two attached hydrogens (primary N) is 1. The van der Waals surface area contributed by atoms with Gasteiger partial charge in [0.25, 0.3) is 0 Å². The summed E-state index contributed by atoms with van der Waals surface area (Å²) >= 11 is 0. The minimum absolute atomic E-state index is 0.111. The van der Waals surface area contributed by atoms with E-state index in [1.54, 1.807) is 6.26 Å². The summed E-state index contributed by atoms with van der Waals surface area (Å²) in [5, 5.41) is 0. The highest BCUT2D eigenvalue weighted by Gasteiger charge is 2.44. The van der Waals surface area contributed by atoms with Crippen molar-refractivity contribution in [2.75, 3.05) is 6.61 Å². The molecule has 1 saturated carbocycles. The van der Waals surface area contributed by atoms with E-state index in [-0.39, 0.29) is 11.6 Å². The van der Waals surface area contributed by atoms with Gasteiger partial charge in [0, 0.05) is 24.6 Å². The molecule has 3 rings (SSSR count). The van der Waals surface area contributed by atoms with E-state index in [2.05, 4.69) is 6.92 Å².